The van der Waals surface area contributed by atoms with Crippen LogP contribution in [0.3, 0.4) is 0 Å². The highest BCUT2D eigenvalue weighted by Gasteiger charge is 2.36. The predicted molar refractivity (Wildman–Crippen MR) is 80.3 cm³/mol. The van der Waals surface area contributed by atoms with Gasteiger partial charge in [0.15, 0.2) is 11.6 Å². The van der Waals surface area contributed by atoms with Gasteiger partial charge in [0, 0.05) is 11.5 Å². The zero-order valence-corrected chi connectivity index (χ0v) is 12.3. The minimum absolute atomic E-state index is 0.00893. The highest BCUT2D eigenvalue weighted by molar-refractivity contribution is 5.48. The number of aromatic nitrogens is 2. The average Bonchev–Trinajstić information content (AvgIpc) is 3.08. The summed E-state index contributed by atoms with van der Waals surface area (Å²) in [5, 5.41) is 0. The van der Waals surface area contributed by atoms with Gasteiger partial charge in [-0.2, -0.15) is 0 Å². The van der Waals surface area contributed by atoms with Crippen LogP contribution in [0.5, 0.6) is 0 Å². The van der Waals surface area contributed by atoms with Gasteiger partial charge < -0.3 is 9.40 Å². The first kappa shape index (κ1) is 12.9. The maximum absolute atomic E-state index is 12.3. The maximum Gasteiger partial charge on any atom is 0.254 e. The van der Waals surface area contributed by atoms with Gasteiger partial charge in [0.25, 0.3) is 5.56 Å². The van der Waals surface area contributed by atoms with Crippen LogP contribution in [0.2, 0.25) is 0 Å². The van der Waals surface area contributed by atoms with E-state index in [4.69, 9.17) is 4.42 Å². The first-order valence-electron chi connectivity index (χ1n) is 7.94. The van der Waals surface area contributed by atoms with Crippen LogP contribution in [-0.2, 0) is 12.8 Å². The van der Waals surface area contributed by atoms with E-state index in [9.17, 15) is 4.79 Å². The van der Waals surface area contributed by atoms with Gasteiger partial charge in [0.1, 0.15) is 5.76 Å². The van der Waals surface area contributed by atoms with Crippen LogP contribution in [0.15, 0.2) is 21.3 Å². The molecule has 4 nitrogen and oxygen atoms in total. The van der Waals surface area contributed by atoms with Crippen molar-refractivity contribution in [2.75, 3.05) is 0 Å². The fraction of sp³-hybridized carbons (Fsp3) is 0.529. The molecule has 0 saturated heterocycles. The van der Waals surface area contributed by atoms with Crippen LogP contribution >= 0.6 is 0 Å². The van der Waals surface area contributed by atoms with Crippen LogP contribution in [-0.4, -0.2) is 9.97 Å². The normalized spacial score (nSPS) is 24.4. The van der Waals surface area contributed by atoms with Gasteiger partial charge in [-0.05, 0) is 50.2 Å². The number of hydrogen-bond acceptors (Lipinski definition) is 3. The lowest BCUT2D eigenvalue weighted by atomic mass is 10.1. The molecule has 0 radical (unpaired) electrons. The van der Waals surface area contributed by atoms with Crippen LogP contribution in [0.4, 0.5) is 0 Å². The number of nitrogens with zero attached hydrogens (tertiary/aromatic N) is 1. The molecule has 4 rings (SSSR count). The molecule has 2 aliphatic rings. The van der Waals surface area contributed by atoms with Crippen molar-refractivity contribution in [3.8, 4) is 11.6 Å². The largest absolute Gasteiger partial charge is 0.458 e. The summed E-state index contributed by atoms with van der Waals surface area (Å²) < 4.78 is 5.91. The van der Waals surface area contributed by atoms with Gasteiger partial charge in [-0.3, -0.25) is 4.79 Å². The number of furan rings is 1. The van der Waals surface area contributed by atoms with E-state index in [1.807, 2.05) is 12.1 Å². The highest BCUT2D eigenvalue weighted by Crippen LogP contribution is 2.47. The average molecular weight is 284 g/mol. The number of nitrogens with one attached hydrogen (secondary N) is 1. The summed E-state index contributed by atoms with van der Waals surface area (Å²) in [5.74, 6) is 3.55. The molecule has 2 aromatic rings. The quantitative estimate of drug-likeness (QED) is 0.860. The Morgan fingerprint density at radius 1 is 1.24 bits per heavy atom. The molecule has 2 aromatic heterocycles. The third kappa shape index (κ3) is 2.33. The molecule has 2 atom stereocenters. The van der Waals surface area contributed by atoms with Crippen molar-refractivity contribution in [2.24, 2.45) is 5.92 Å². The van der Waals surface area contributed by atoms with E-state index in [-0.39, 0.29) is 5.56 Å². The van der Waals surface area contributed by atoms with E-state index in [1.165, 1.54) is 12.8 Å². The summed E-state index contributed by atoms with van der Waals surface area (Å²) in [5.41, 5.74) is 1.84. The van der Waals surface area contributed by atoms with Gasteiger partial charge in [-0.25, -0.2) is 4.98 Å². The minimum Gasteiger partial charge on any atom is -0.458 e. The van der Waals surface area contributed by atoms with E-state index in [0.29, 0.717) is 23.4 Å². The number of aryl methyl sites for hydroxylation is 1. The Kier molecular flexibility index (Phi) is 2.98. The first-order chi connectivity index (χ1) is 10.2. The summed E-state index contributed by atoms with van der Waals surface area (Å²) in [6, 6.07) is 3.96. The van der Waals surface area contributed by atoms with Gasteiger partial charge in [0.05, 0.1) is 5.69 Å². The standard InChI is InChI=1S/C17H20N2O2/c1-10-9-12(10)14-7-8-15(21-14)16-18-13-6-4-2-3-5-11(13)17(20)19-16/h7-8,10,12H,2-6,9H2,1H3,(H,18,19,20). The van der Waals surface area contributed by atoms with Crippen molar-refractivity contribution in [2.45, 2.75) is 51.4 Å². The van der Waals surface area contributed by atoms with E-state index in [0.717, 1.165) is 42.7 Å². The molecule has 0 aliphatic heterocycles. The number of aromatic amines is 1. The first-order valence-corrected chi connectivity index (χ1v) is 7.94. The second-order valence-corrected chi connectivity index (χ2v) is 6.42. The molecule has 4 heteroatoms. The molecule has 0 bridgehead atoms. The smallest absolute Gasteiger partial charge is 0.254 e. The topological polar surface area (TPSA) is 58.9 Å². The molecule has 0 spiro atoms. The van der Waals surface area contributed by atoms with Crippen molar-refractivity contribution in [1.82, 2.24) is 9.97 Å². The van der Waals surface area contributed by atoms with Gasteiger partial charge in [-0.1, -0.05) is 13.3 Å². The second-order valence-electron chi connectivity index (χ2n) is 6.42. The molecule has 1 saturated carbocycles. The lowest BCUT2D eigenvalue weighted by Gasteiger charge is -2.05. The highest BCUT2D eigenvalue weighted by atomic mass is 16.3. The molecule has 1 fully saturated rings. The Hall–Kier alpha value is -1.84. The molecule has 0 aromatic carbocycles. The second kappa shape index (κ2) is 4.86. The number of fused-ring (bicyclic) bond motifs is 1. The van der Waals surface area contributed by atoms with E-state index >= 15 is 0 Å². The predicted octanol–water partition coefficient (Wildman–Crippen LogP) is 3.42. The van der Waals surface area contributed by atoms with E-state index in [2.05, 4.69) is 16.9 Å². The summed E-state index contributed by atoms with van der Waals surface area (Å²) in [6.07, 6.45) is 6.32. The summed E-state index contributed by atoms with van der Waals surface area (Å²) >= 11 is 0. The van der Waals surface area contributed by atoms with Gasteiger partial charge >= 0.3 is 0 Å². The Morgan fingerprint density at radius 3 is 2.86 bits per heavy atom. The van der Waals surface area contributed by atoms with Crippen LogP contribution < -0.4 is 5.56 Å². The number of hydrogen-bond donors (Lipinski definition) is 1. The van der Waals surface area contributed by atoms with Crippen LogP contribution in [0.25, 0.3) is 11.6 Å². The molecule has 110 valence electrons. The summed E-state index contributed by atoms with van der Waals surface area (Å²) in [6.45, 7) is 2.23. The summed E-state index contributed by atoms with van der Waals surface area (Å²) in [7, 11) is 0. The molecule has 2 heterocycles. The van der Waals surface area contributed by atoms with Crippen LogP contribution in [0.1, 0.15) is 55.5 Å². The molecular weight excluding hydrogens is 264 g/mol. The zero-order valence-electron chi connectivity index (χ0n) is 12.3. The number of rotatable bonds is 2. The molecular formula is C17H20N2O2. The molecule has 0 amide bonds. The van der Waals surface area contributed by atoms with E-state index < -0.39 is 0 Å². The zero-order chi connectivity index (χ0) is 14.4. The van der Waals surface area contributed by atoms with Gasteiger partial charge in [0.2, 0.25) is 0 Å². The molecule has 1 N–H and O–H groups in total. The van der Waals surface area contributed by atoms with Crippen LogP contribution in [0, 0.1) is 5.92 Å². The Labute approximate surface area is 123 Å². The Bertz CT molecular complexity index is 729. The van der Waals surface area contributed by atoms with E-state index in [1.54, 1.807) is 0 Å². The molecule has 2 aliphatic carbocycles. The van der Waals surface area contributed by atoms with Crippen molar-refractivity contribution in [1.29, 1.82) is 0 Å². The fourth-order valence-corrected chi connectivity index (χ4v) is 3.29. The monoisotopic (exact) mass is 284 g/mol. The lowest BCUT2D eigenvalue weighted by molar-refractivity contribution is 0.514. The van der Waals surface area contributed by atoms with Crippen molar-refractivity contribution < 1.29 is 4.42 Å². The maximum atomic E-state index is 12.3. The van der Waals surface area contributed by atoms with Crippen molar-refractivity contribution >= 4 is 0 Å². The third-order valence-electron chi connectivity index (χ3n) is 4.78. The molecule has 21 heavy (non-hydrogen) atoms. The lowest BCUT2D eigenvalue weighted by Crippen LogP contribution is -2.17. The SMILES string of the molecule is CC1CC1c1ccc(-c2nc3c(c(=O)[nH]2)CCCCC3)o1. The molecule has 2 unspecified atom stereocenters. The van der Waals surface area contributed by atoms with Gasteiger partial charge in [-0.15, -0.1) is 0 Å². The Morgan fingerprint density at radius 2 is 2.05 bits per heavy atom. The number of H-pyrrole nitrogens is 1. The van der Waals surface area contributed by atoms with Crippen molar-refractivity contribution in [3.63, 3.8) is 0 Å². The summed E-state index contributed by atoms with van der Waals surface area (Å²) in [4.78, 5) is 19.8. The minimum atomic E-state index is 0.00893. The Balaban J connectivity index is 1.72. The third-order valence-corrected chi connectivity index (χ3v) is 4.78. The van der Waals surface area contributed by atoms with Crippen molar-refractivity contribution in [3.05, 3.63) is 39.5 Å². The fourth-order valence-electron chi connectivity index (χ4n) is 3.29.